The second-order valence-corrected chi connectivity index (χ2v) is 6.12. The number of hydrogen-bond donors (Lipinski definition) is 1. The second kappa shape index (κ2) is 6.70. The molecule has 1 aliphatic carbocycles. The van der Waals surface area contributed by atoms with Gasteiger partial charge in [0.05, 0.1) is 25.4 Å². The Morgan fingerprint density at radius 1 is 1.21 bits per heavy atom. The van der Waals surface area contributed by atoms with Crippen molar-refractivity contribution >= 4 is 5.91 Å². The number of fused-ring (bicyclic) bond motifs is 1. The second-order valence-electron chi connectivity index (χ2n) is 6.12. The van der Waals surface area contributed by atoms with Crippen molar-refractivity contribution in [2.24, 2.45) is 0 Å². The van der Waals surface area contributed by atoms with Crippen LogP contribution in [0, 0.1) is 0 Å². The average Bonchev–Trinajstić information content (AvgIpc) is 3.13. The molecule has 126 valence electrons. The molecule has 3 unspecified atom stereocenters. The van der Waals surface area contributed by atoms with Gasteiger partial charge in [0.1, 0.15) is 0 Å². The molecule has 0 bridgehead atoms. The first-order chi connectivity index (χ1) is 11.8. The molecule has 2 aromatic rings. The number of nitrogens with one attached hydrogen (secondary N) is 1. The molecular formula is C17H19N3O4. The predicted molar refractivity (Wildman–Crippen MR) is 84.3 cm³/mol. The maximum Gasteiger partial charge on any atom is 0.273 e. The van der Waals surface area contributed by atoms with Crippen molar-refractivity contribution in [1.29, 1.82) is 0 Å². The number of amides is 1. The maximum absolute atomic E-state index is 12.4. The van der Waals surface area contributed by atoms with Crippen molar-refractivity contribution in [3.63, 3.8) is 0 Å². The minimum atomic E-state index is -0.228. The zero-order valence-corrected chi connectivity index (χ0v) is 13.2. The normalized spacial score (nSPS) is 26.6. The highest BCUT2D eigenvalue weighted by atomic mass is 16.6. The first-order valence-corrected chi connectivity index (χ1v) is 8.21. The summed E-state index contributed by atoms with van der Waals surface area (Å²) in [6.45, 7) is 1.29. The summed E-state index contributed by atoms with van der Waals surface area (Å²) in [5.74, 6) is 0.301. The van der Waals surface area contributed by atoms with Gasteiger partial charge >= 0.3 is 0 Å². The summed E-state index contributed by atoms with van der Waals surface area (Å²) in [7, 11) is 0. The van der Waals surface area contributed by atoms with Crippen LogP contribution in [0.3, 0.4) is 0 Å². The fourth-order valence-electron chi connectivity index (χ4n) is 3.28. The summed E-state index contributed by atoms with van der Waals surface area (Å²) in [6, 6.07) is 5.37. The van der Waals surface area contributed by atoms with Gasteiger partial charge in [-0.15, -0.1) is 0 Å². The molecule has 2 aromatic heterocycles. The Kier molecular flexibility index (Phi) is 4.27. The molecule has 7 heteroatoms. The van der Waals surface area contributed by atoms with Crippen molar-refractivity contribution in [3.05, 3.63) is 36.3 Å². The first kappa shape index (κ1) is 15.3. The molecule has 3 atom stereocenters. The third-order valence-electron chi connectivity index (χ3n) is 4.50. The number of ether oxygens (including phenoxy) is 2. The van der Waals surface area contributed by atoms with Gasteiger partial charge in [-0.3, -0.25) is 9.78 Å². The maximum atomic E-state index is 12.4. The molecule has 1 amide bonds. The highest BCUT2D eigenvalue weighted by Crippen LogP contribution is 2.27. The van der Waals surface area contributed by atoms with E-state index in [1.807, 2.05) is 12.1 Å². The summed E-state index contributed by atoms with van der Waals surface area (Å²) in [6.07, 6.45) is 6.13. The third-order valence-corrected chi connectivity index (χ3v) is 4.50. The van der Waals surface area contributed by atoms with Gasteiger partial charge in [-0.25, -0.2) is 0 Å². The molecule has 0 aromatic carbocycles. The van der Waals surface area contributed by atoms with E-state index in [0.717, 1.165) is 24.8 Å². The highest BCUT2D eigenvalue weighted by molar-refractivity contribution is 5.93. The smallest absolute Gasteiger partial charge is 0.273 e. The molecule has 24 heavy (non-hydrogen) atoms. The summed E-state index contributed by atoms with van der Waals surface area (Å²) >= 11 is 0. The standard InChI is InChI=1S/C17H19N3O4/c21-17(13-9-15(24-20-13)11-2-1-5-18-10-11)19-12-3-4-14-16(8-12)23-7-6-22-14/h1-2,5,9-10,12,14,16H,3-4,6-8H2,(H,19,21). The molecule has 0 radical (unpaired) electrons. The van der Waals surface area contributed by atoms with Crippen LogP contribution >= 0.6 is 0 Å². The Balaban J connectivity index is 1.39. The molecule has 2 aliphatic rings. The molecule has 1 saturated heterocycles. The summed E-state index contributed by atoms with van der Waals surface area (Å²) in [5.41, 5.74) is 1.06. The van der Waals surface area contributed by atoms with E-state index in [4.69, 9.17) is 14.0 Å². The quantitative estimate of drug-likeness (QED) is 0.924. The Morgan fingerprint density at radius 2 is 2.08 bits per heavy atom. The lowest BCUT2D eigenvalue weighted by molar-refractivity contribution is -0.157. The van der Waals surface area contributed by atoms with Crippen LogP contribution < -0.4 is 5.32 Å². The molecule has 1 aliphatic heterocycles. The highest BCUT2D eigenvalue weighted by Gasteiger charge is 2.35. The van der Waals surface area contributed by atoms with E-state index >= 15 is 0 Å². The van der Waals surface area contributed by atoms with Gasteiger partial charge in [0.2, 0.25) is 0 Å². The zero-order chi connectivity index (χ0) is 16.4. The summed E-state index contributed by atoms with van der Waals surface area (Å²) in [4.78, 5) is 16.4. The number of hydrogen-bond acceptors (Lipinski definition) is 6. The zero-order valence-electron chi connectivity index (χ0n) is 13.2. The number of pyridine rings is 1. The average molecular weight is 329 g/mol. The number of aromatic nitrogens is 2. The number of rotatable bonds is 3. The van der Waals surface area contributed by atoms with Gasteiger partial charge in [0, 0.05) is 30.1 Å². The van der Waals surface area contributed by atoms with Gasteiger partial charge in [0.15, 0.2) is 11.5 Å². The Bertz CT molecular complexity index is 703. The van der Waals surface area contributed by atoms with Crippen LogP contribution in [-0.4, -0.2) is 47.5 Å². The lowest BCUT2D eigenvalue weighted by atomic mass is 9.89. The number of nitrogens with zero attached hydrogens (tertiary/aromatic N) is 2. The van der Waals surface area contributed by atoms with Gasteiger partial charge in [-0.05, 0) is 31.4 Å². The summed E-state index contributed by atoms with van der Waals surface area (Å²) in [5, 5.41) is 6.89. The van der Waals surface area contributed by atoms with Crippen molar-refractivity contribution in [2.45, 2.75) is 37.5 Å². The van der Waals surface area contributed by atoms with E-state index in [-0.39, 0.29) is 29.9 Å². The van der Waals surface area contributed by atoms with Crippen LogP contribution in [0.15, 0.2) is 35.1 Å². The number of carbonyl (C=O) groups is 1. The Labute approximate surface area is 139 Å². The van der Waals surface area contributed by atoms with Crippen LogP contribution in [0.25, 0.3) is 11.3 Å². The van der Waals surface area contributed by atoms with Gasteiger partial charge in [0.25, 0.3) is 5.91 Å². The lowest BCUT2D eigenvalue weighted by Gasteiger charge is -2.38. The van der Waals surface area contributed by atoms with Crippen LogP contribution in [0.2, 0.25) is 0 Å². The molecular weight excluding hydrogens is 310 g/mol. The fourth-order valence-corrected chi connectivity index (χ4v) is 3.28. The molecule has 1 saturated carbocycles. The molecule has 0 spiro atoms. The van der Waals surface area contributed by atoms with Crippen LogP contribution in [0.1, 0.15) is 29.8 Å². The minimum Gasteiger partial charge on any atom is -0.373 e. The minimum absolute atomic E-state index is 0.0685. The SMILES string of the molecule is O=C(NC1CCC2OCCOC2C1)c1cc(-c2cccnc2)on1. The summed E-state index contributed by atoms with van der Waals surface area (Å²) < 4.78 is 16.7. The molecule has 2 fully saturated rings. The predicted octanol–water partition coefficient (Wildman–Crippen LogP) is 1.80. The van der Waals surface area contributed by atoms with Gasteiger partial charge < -0.3 is 19.3 Å². The van der Waals surface area contributed by atoms with Crippen LogP contribution in [-0.2, 0) is 9.47 Å². The Hall–Kier alpha value is -2.25. The van der Waals surface area contributed by atoms with E-state index in [1.54, 1.807) is 18.5 Å². The van der Waals surface area contributed by atoms with E-state index in [0.29, 0.717) is 19.0 Å². The van der Waals surface area contributed by atoms with Crippen LogP contribution in [0.5, 0.6) is 0 Å². The Morgan fingerprint density at radius 3 is 2.92 bits per heavy atom. The fraction of sp³-hybridized carbons (Fsp3) is 0.471. The topological polar surface area (TPSA) is 86.5 Å². The first-order valence-electron chi connectivity index (χ1n) is 8.21. The van der Waals surface area contributed by atoms with Crippen LogP contribution in [0.4, 0.5) is 0 Å². The van der Waals surface area contributed by atoms with Crippen molar-refractivity contribution in [2.75, 3.05) is 13.2 Å². The van der Waals surface area contributed by atoms with E-state index in [9.17, 15) is 4.79 Å². The largest absolute Gasteiger partial charge is 0.373 e. The third kappa shape index (κ3) is 3.18. The molecule has 7 nitrogen and oxygen atoms in total. The van der Waals surface area contributed by atoms with E-state index < -0.39 is 0 Å². The van der Waals surface area contributed by atoms with Gasteiger partial charge in [-0.1, -0.05) is 5.16 Å². The van der Waals surface area contributed by atoms with Crippen molar-refractivity contribution < 1.29 is 18.8 Å². The molecule has 4 rings (SSSR count). The van der Waals surface area contributed by atoms with Crippen molar-refractivity contribution in [1.82, 2.24) is 15.5 Å². The monoisotopic (exact) mass is 329 g/mol. The molecule has 1 N–H and O–H groups in total. The van der Waals surface area contributed by atoms with E-state index in [2.05, 4.69) is 15.5 Å². The van der Waals surface area contributed by atoms with E-state index in [1.165, 1.54) is 0 Å². The lowest BCUT2D eigenvalue weighted by Crippen LogP contribution is -2.49. The molecule has 3 heterocycles. The number of carbonyl (C=O) groups excluding carboxylic acids is 1. The van der Waals surface area contributed by atoms with Crippen molar-refractivity contribution in [3.8, 4) is 11.3 Å². The van der Waals surface area contributed by atoms with Gasteiger partial charge in [-0.2, -0.15) is 0 Å².